The minimum absolute atomic E-state index is 0.407. The second-order valence-corrected chi connectivity index (χ2v) is 5.03. The van der Waals surface area contributed by atoms with Crippen LogP contribution in [0.2, 0.25) is 0 Å². The molecule has 0 N–H and O–H groups in total. The average Bonchev–Trinajstić information content (AvgIpc) is 2.40. The largest absolute Gasteiger partial charge is 0.377 e. The standard InChI is InChI=1S/C14H20BrNO/c1-2-17-14-4-3-9-16(11-14)13-7-5-12(10-15)6-8-13/h5-8,14H,2-4,9-11H2,1H3. The van der Waals surface area contributed by atoms with Gasteiger partial charge in [0.15, 0.2) is 0 Å². The van der Waals surface area contributed by atoms with E-state index >= 15 is 0 Å². The Hall–Kier alpha value is -0.540. The van der Waals surface area contributed by atoms with Crippen LogP contribution in [-0.2, 0) is 10.1 Å². The molecular weight excluding hydrogens is 278 g/mol. The van der Waals surface area contributed by atoms with Crippen molar-refractivity contribution >= 4 is 21.6 Å². The van der Waals surface area contributed by atoms with Crippen LogP contribution in [0.4, 0.5) is 5.69 Å². The molecule has 1 fully saturated rings. The number of alkyl halides is 1. The van der Waals surface area contributed by atoms with Crippen molar-refractivity contribution in [3.05, 3.63) is 29.8 Å². The lowest BCUT2D eigenvalue weighted by Crippen LogP contribution is -2.39. The molecule has 1 aliphatic heterocycles. The van der Waals surface area contributed by atoms with Gasteiger partial charge in [0.05, 0.1) is 6.10 Å². The first kappa shape index (κ1) is 12.9. The molecule has 0 spiro atoms. The maximum absolute atomic E-state index is 5.73. The Kier molecular flexibility index (Phi) is 4.86. The number of anilines is 1. The summed E-state index contributed by atoms with van der Waals surface area (Å²) in [5.41, 5.74) is 2.64. The van der Waals surface area contributed by atoms with Gasteiger partial charge in [0.25, 0.3) is 0 Å². The molecule has 1 aromatic carbocycles. The summed E-state index contributed by atoms with van der Waals surface area (Å²) < 4.78 is 5.73. The molecule has 2 nitrogen and oxygen atoms in total. The summed E-state index contributed by atoms with van der Waals surface area (Å²) in [5.74, 6) is 0. The number of ether oxygens (including phenoxy) is 1. The summed E-state index contributed by atoms with van der Waals surface area (Å²) in [4.78, 5) is 2.43. The fraction of sp³-hybridized carbons (Fsp3) is 0.571. The second kappa shape index (κ2) is 6.41. The van der Waals surface area contributed by atoms with Crippen molar-refractivity contribution in [3.8, 4) is 0 Å². The van der Waals surface area contributed by atoms with E-state index in [1.54, 1.807) is 0 Å². The summed E-state index contributed by atoms with van der Waals surface area (Å²) in [6, 6.07) is 8.80. The predicted molar refractivity (Wildman–Crippen MR) is 75.9 cm³/mol. The van der Waals surface area contributed by atoms with E-state index in [0.717, 1.165) is 25.0 Å². The molecule has 0 saturated carbocycles. The van der Waals surface area contributed by atoms with Crippen LogP contribution in [0.25, 0.3) is 0 Å². The molecule has 0 bridgehead atoms. The first-order valence-corrected chi connectivity index (χ1v) is 7.47. The summed E-state index contributed by atoms with van der Waals surface area (Å²) in [6.07, 6.45) is 2.83. The van der Waals surface area contributed by atoms with E-state index in [9.17, 15) is 0 Å². The molecule has 0 amide bonds. The van der Waals surface area contributed by atoms with Crippen LogP contribution < -0.4 is 4.90 Å². The van der Waals surface area contributed by atoms with E-state index < -0.39 is 0 Å². The van der Waals surface area contributed by atoms with E-state index in [4.69, 9.17) is 4.74 Å². The van der Waals surface area contributed by atoms with E-state index in [-0.39, 0.29) is 0 Å². The normalized spacial score (nSPS) is 20.6. The Bertz CT molecular complexity index is 337. The van der Waals surface area contributed by atoms with Gasteiger partial charge in [-0.15, -0.1) is 0 Å². The third-order valence-electron chi connectivity index (χ3n) is 3.24. The fourth-order valence-electron chi connectivity index (χ4n) is 2.34. The van der Waals surface area contributed by atoms with Crippen LogP contribution in [0.1, 0.15) is 25.3 Å². The second-order valence-electron chi connectivity index (χ2n) is 4.47. The van der Waals surface area contributed by atoms with Gasteiger partial charge >= 0.3 is 0 Å². The number of hydrogen-bond acceptors (Lipinski definition) is 2. The molecule has 1 atom stereocenters. The Morgan fingerprint density at radius 2 is 2.12 bits per heavy atom. The van der Waals surface area contributed by atoms with Crippen LogP contribution in [0.3, 0.4) is 0 Å². The molecule has 94 valence electrons. The highest BCUT2D eigenvalue weighted by molar-refractivity contribution is 9.08. The molecule has 3 heteroatoms. The highest BCUT2D eigenvalue weighted by Gasteiger charge is 2.19. The molecular formula is C14H20BrNO. The van der Waals surface area contributed by atoms with Crippen LogP contribution in [0, 0.1) is 0 Å². The van der Waals surface area contributed by atoms with E-state index in [2.05, 4.69) is 52.0 Å². The summed E-state index contributed by atoms with van der Waals surface area (Å²) in [6.45, 7) is 5.07. The number of hydrogen-bond donors (Lipinski definition) is 0. The van der Waals surface area contributed by atoms with E-state index in [0.29, 0.717) is 6.10 Å². The first-order chi connectivity index (χ1) is 8.33. The van der Waals surface area contributed by atoms with Crippen molar-refractivity contribution in [3.63, 3.8) is 0 Å². The van der Waals surface area contributed by atoms with Crippen molar-refractivity contribution < 1.29 is 4.74 Å². The Morgan fingerprint density at radius 3 is 2.76 bits per heavy atom. The lowest BCUT2D eigenvalue weighted by atomic mass is 10.1. The molecule has 0 aliphatic carbocycles. The highest BCUT2D eigenvalue weighted by atomic mass is 79.9. The smallest absolute Gasteiger partial charge is 0.0750 e. The van der Waals surface area contributed by atoms with Gasteiger partial charge in [0.2, 0.25) is 0 Å². The van der Waals surface area contributed by atoms with Gasteiger partial charge < -0.3 is 9.64 Å². The van der Waals surface area contributed by atoms with Crippen LogP contribution >= 0.6 is 15.9 Å². The topological polar surface area (TPSA) is 12.5 Å². The third kappa shape index (κ3) is 3.46. The molecule has 1 unspecified atom stereocenters. The molecule has 1 saturated heterocycles. The molecule has 0 aromatic heterocycles. The highest BCUT2D eigenvalue weighted by Crippen LogP contribution is 2.22. The van der Waals surface area contributed by atoms with Gasteiger partial charge in [-0.3, -0.25) is 0 Å². The summed E-state index contributed by atoms with van der Waals surface area (Å²) >= 11 is 3.47. The van der Waals surface area contributed by atoms with Crippen molar-refractivity contribution in [1.29, 1.82) is 0 Å². The zero-order valence-electron chi connectivity index (χ0n) is 10.4. The summed E-state index contributed by atoms with van der Waals surface area (Å²) in [7, 11) is 0. The third-order valence-corrected chi connectivity index (χ3v) is 3.88. The van der Waals surface area contributed by atoms with Crippen molar-refractivity contribution in [2.75, 3.05) is 24.6 Å². The monoisotopic (exact) mass is 297 g/mol. The van der Waals surface area contributed by atoms with Gasteiger partial charge in [0.1, 0.15) is 0 Å². The molecule has 1 heterocycles. The van der Waals surface area contributed by atoms with Gasteiger partial charge in [-0.2, -0.15) is 0 Å². The van der Waals surface area contributed by atoms with Crippen molar-refractivity contribution in [1.82, 2.24) is 0 Å². The maximum Gasteiger partial charge on any atom is 0.0750 e. The Balaban J connectivity index is 2.00. The van der Waals surface area contributed by atoms with Gasteiger partial charge in [0, 0.05) is 30.7 Å². The minimum atomic E-state index is 0.407. The predicted octanol–water partition coefficient (Wildman–Crippen LogP) is 3.59. The van der Waals surface area contributed by atoms with Gasteiger partial charge in [-0.05, 0) is 37.5 Å². The number of benzene rings is 1. The Labute approximate surface area is 112 Å². The number of rotatable bonds is 4. The quantitative estimate of drug-likeness (QED) is 0.788. The Morgan fingerprint density at radius 1 is 1.35 bits per heavy atom. The summed E-state index contributed by atoms with van der Waals surface area (Å²) in [5, 5.41) is 0.925. The van der Waals surface area contributed by atoms with Crippen LogP contribution in [-0.4, -0.2) is 25.8 Å². The molecule has 0 radical (unpaired) electrons. The fourth-order valence-corrected chi connectivity index (χ4v) is 2.71. The van der Waals surface area contributed by atoms with Crippen LogP contribution in [0.15, 0.2) is 24.3 Å². The van der Waals surface area contributed by atoms with E-state index in [1.165, 1.54) is 24.1 Å². The van der Waals surface area contributed by atoms with Crippen molar-refractivity contribution in [2.24, 2.45) is 0 Å². The maximum atomic E-state index is 5.73. The van der Waals surface area contributed by atoms with E-state index in [1.807, 2.05) is 0 Å². The number of halogens is 1. The molecule has 1 aliphatic rings. The minimum Gasteiger partial charge on any atom is -0.377 e. The molecule has 2 rings (SSSR count). The number of nitrogens with zero attached hydrogens (tertiary/aromatic N) is 1. The molecule has 17 heavy (non-hydrogen) atoms. The van der Waals surface area contributed by atoms with Gasteiger partial charge in [-0.25, -0.2) is 0 Å². The zero-order valence-corrected chi connectivity index (χ0v) is 11.9. The number of piperidine rings is 1. The lowest BCUT2D eigenvalue weighted by Gasteiger charge is -2.34. The SMILES string of the molecule is CCOC1CCCN(c2ccc(CBr)cc2)C1. The first-order valence-electron chi connectivity index (χ1n) is 6.35. The average molecular weight is 298 g/mol. The zero-order chi connectivity index (χ0) is 12.1. The van der Waals surface area contributed by atoms with Crippen LogP contribution in [0.5, 0.6) is 0 Å². The van der Waals surface area contributed by atoms with Gasteiger partial charge in [-0.1, -0.05) is 28.1 Å². The lowest BCUT2D eigenvalue weighted by molar-refractivity contribution is 0.0527. The van der Waals surface area contributed by atoms with Crippen molar-refractivity contribution in [2.45, 2.75) is 31.2 Å². The molecule has 1 aromatic rings.